The molecule has 0 aliphatic heterocycles. The number of alkyl carbamates (subject to hydrolysis) is 1. The fourth-order valence-corrected chi connectivity index (χ4v) is 1.44. The molecule has 0 aromatic carbocycles. The van der Waals surface area contributed by atoms with Crippen LogP contribution in [0.4, 0.5) is 4.79 Å². The number of methoxy groups -OCH3 is 3. The molecule has 1 aliphatic carbocycles. The zero-order valence-corrected chi connectivity index (χ0v) is 8.12. The monoisotopic (exact) mass is 189 g/mol. The van der Waals surface area contributed by atoms with E-state index in [1.54, 1.807) is 14.2 Å². The van der Waals surface area contributed by atoms with Crippen LogP contribution in [-0.4, -0.2) is 39.3 Å². The second-order valence-corrected chi connectivity index (χ2v) is 3.06. The minimum absolute atomic E-state index is 0.0901. The lowest BCUT2D eigenvalue weighted by Crippen LogP contribution is -2.57. The lowest BCUT2D eigenvalue weighted by molar-refractivity contribution is -0.258. The van der Waals surface area contributed by atoms with E-state index in [0.29, 0.717) is 12.8 Å². The third-order valence-corrected chi connectivity index (χ3v) is 2.37. The Balaban J connectivity index is 2.28. The van der Waals surface area contributed by atoms with E-state index in [2.05, 4.69) is 10.1 Å². The van der Waals surface area contributed by atoms with Gasteiger partial charge in [0.2, 0.25) is 0 Å². The first-order chi connectivity index (χ1) is 6.15. The summed E-state index contributed by atoms with van der Waals surface area (Å²) < 4.78 is 14.8. The molecule has 1 aliphatic rings. The number of ether oxygens (including phenoxy) is 3. The van der Waals surface area contributed by atoms with Gasteiger partial charge in [0, 0.05) is 33.1 Å². The van der Waals surface area contributed by atoms with Crippen molar-refractivity contribution in [2.45, 2.75) is 24.7 Å². The predicted octanol–water partition coefficient (Wildman–Crippen LogP) is 0.494. The Bertz CT molecular complexity index is 183. The van der Waals surface area contributed by atoms with Crippen molar-refractivity contribution in [1.29, 1.82) is 0 Å². The van der Waals surface area contributed by atoms with Crippen molar-refractivity contribution in [3.05, 3.63) is 0 Å². The molecule has 0 aromatic rings. The summed E-state index contributed by atoms with van der Waals surface area (Å²) in [7, 11) is 4.53. The first-order valence-electron chi connectivity index (χ1n) is 4.10. The molecule has 76 valence electrons. The van der Waals surface area contributed by atoms with Crippen LogP contribution in [-0.2, 0) is 14.2 Å². The minimum Gasteiger partial charge on any atom is -0.453 e. The van der Waals surface area contributed by atoms with Crippen molar-refractivity contribution in [3.63, 3.8) is 0 Å². The Kier molecular flexibility index (Phi) is 3.11. The second kappa shape index (κ2) is 3.93. The van der Waals surface area contributed by atoms with Crippen LogP contribution in [0.15, 0.2) is 0 Å². The molecular formula is C8H15NO4. The first kappa shape index (κ1) is 10.3. The van der Waals surface area contributed by atoms with Crippen LogP contribution in [0, 0.1) is 0 Å². The highest BCUT2D eigenvalue weighted by Crippen LogP contribution is 2.35. The van der Waals surface area contributed by atoms with Gasteiger partial charge in [-0.1, -0.05) is 0 Å². The molecule has 5 heteroatoms. The van der Waals surface area contributed by atoms with E-state index >= 15 is 0 Å². The van der Waals surface area contributed by atoms with Gasteiger partial charge >= 0.3 is 6.09 Å². The fraction of sp³-hybridized carbons (Fsp3) is 0.875. The van der Waals surface area contributed by atoms with Crippen LogP contribution in [0.1, 0.15) is 12.8 Å². The number of hydrogen-bond donors (Lipinski definition) is 1. The normalized spacial score (nSPS) is 20.5. The zero-order chi connectivity index (χ0) is 9.90. The molecule has 1 N–H and O–H groups in total. The molecule has 0 spiro atoms. The Hall–Kier alpha value is -0.810. The number of nitrogens with one attached hydrogen (secondary N) is 1. The maximum Gasteiger partial charge on any atom is 0.407 e. The van der Waals surface area contributed by atoms with Crippen LogP contribution in [0.5, 0.6) is 0 Å². The summed E-state index contributed by atoms with van der Waals surface area (Å²) >= 11 is 0. The zero-order valence-electron chi connectivity index (χ0n) is 8.12. The minimum atomic E-state index is -0.508. The lowest BCUT2D eigenvalue weighted by atomic mass is 9.85. The van der Waals surface area contributed by atoms with Gasteiger partial charge in [0.1, 0.15) is 0 Å². The average molecular weight is 189 g/mol. The van der Waals surface area contributed by atoms with Crippen LogP contribution >= 0.6 is 0 Å². The maximum atomic E-state index is 10.8. The summed E-state index contributed by atoms with van der Waals surface area (Å²) in [5.41, 5.74) is 0. The van der Waals surface area contributed by atoms with Gasteiger partial charge in [-0.15, -0.1) is 0 Å². The molecule has 1 saturated carbocycles. The summed E-state index contributed by atoms with van der Waals surface area (Å²) in [6.07, 6.45) is 0.912. The van der Waals surface area contributed by atoms with Crippen molar-refractivity contribution < 1.29 is 19.0 Å². The SMILES string of the molecule is COC(=O)NC1CC(OC)(OC)C1. The molecule has 1 amide bonds. The molecule has 1 fully saturated rings. The van der Waals surface area contributed by atoms with E-state index < -0.39 is 11.9 Å². The standard InChI is InChI=1S/C8H15NO4/c1-11-7(10)9-6-4-8(5-6,12-2)13-3/h6H,4-5H2,1-3H3,(H,9,10). The third kappa shape index (κ3) is 2.10. The summed E-state index contributed by atoms with van der Waals surface area (Å²) in [6.45, 7) is 0. The van der Waals surface area contributed by atoms with Gasteiger partial charge in [0.25, 0.3) is 0 Å². The van der Waals surface area contributed by atoms with Crippen molar-refractivity contribution in [1.82, 2.24) is 5.32 Å². The van der Waals surface area contributed by atoms with Gasteiger partial charge in [-0.25, -0.2) is 4.79 Å². The molecular weight excluding hydrogens is 174 g/mol. The topological polar surface area (TPSA) is 56.8 Å². The summed E-state index contributed by atoms with van der Waals surface area (Å²) in [6, 6.07) is 0.0901. The fourth-order valence-electron chi connectivity index (χ4n) is 1.44. The Morgan fingerprint density at radius 3 is 2.23 bits per heavy atom. The van der Waals surface area contributed by atoms with Crippen LogP contribution in [0.2, 0.25) is 0 Å². The largest absolute Gasteiger partial charge is 0.453 e. The smallest absolute Gasteiger partial charge is 0.407 e. The van der Waals surface area contributed by atoms with Crippen molar-refractivity contribution in [2.75, 3.05) is 21.3 Å². The lowest BCUT2D eigenvalue weighted by Gasteiger charge is -2.44. The van der Waals surface area contributed by atoms with Crippen molar-refractivity contribution >= 4 is 6.09 Å². The van der Waals surface area contributed by atoms with E-state index in [1.165, 1.54) is 7.11 Å². The molecule has 0 heterocycles. The van der Waals surface area contributed by atoms with E-state index in [0.717, 1.165) is 0 Å². The molecule has 5 nitrogen and oxygen atoms in total. The number of carbonyl (C=O) groups is 1. The number of carbonyl (C=O) groups excluding carboxylic acids is 1. The van der Waals surface area contributed by atoms with E-state index in [9.17, 15) is 4.79 Å². The summed E-state index contributed by atoms with van der Waals surface area (Å²) in [4.78, 5) is 10.8. The van der Waals surface area contributed by atoms with Gasteiger partial charge < -0.3 is 19.5 Å². The molecule has 0 bridgehead atoms. The Morgan fingerprint density at radius 2 is 1.85 bits per heavy atom. The highest BCUT2D eigenvalue weighted by Gasteiger charge is 2.45. The molecule has 0 aromatic heterocycles. The quantitative estimate of drug-likeness (QED) is 0.656. The highest BCUT2D eigenvalue weighted by atomic mass is 16.7. The van der Waals surface area contributed by atoms with Crippen LogP contribution in [0.25, 0.3) is 0 Å². The molecule has 1 rings (SSSR count). The maximum absolute atomic E-state index is 10.8. The number of amides is 1. The Morgan fingerprint density at radius 1 is 1.31 bits per heavy atom. The van der Waals surface area contributed by atoms with Gasteiger partial charge in [0.15, 0.2) is 5.79 Å². The third-order valence-electron chi connectivity index (χ3n) is 2.37. The van der Waals surface area contributed by atoms with Gasteiger partial charge in [-0.2, -0.15) is 0 Å². The summed E-state index contributed by atoms with van der Waals surface area (Å²) in [5, 5.41) is 2.67. The van der Waals surface area contributed by atoms with Crippen LogP contribution < -0.4 is 5.32 Å². The van der Waals surface area contributed by atoms with E-state index in [-0.39, 0.29) is 6.04 Å². The first-order valence-corrected chi connectivity index (χ1v) is 4.10. The second-order valence-electron chi connectivity index (χ2n) is 3.06. The van der Waals surface area contributed by atoms with E-state index in [4.69, 9.17) is 9.47 Å². The molecule has 0 radical (unpaired) electrons. The molecule has 0 atom stereocenters. The number of rotatable bonds is 3. The van der Waals surface area contributed by atoms with Gasteiger partial charge in [-0.05, 0) is 0 Å². The number of hydrogen-bond acceptors (Lipinski definition) is 4. The van der Waals surface area contributed by atoms with E-state index in [1.807, 2.05) is 0 Å². The predicted molar refractivity (Wildman–Crippen MR) is 45.3 cm³/mol. The Labute approximate surface area is 77.3 Å². The summed E-state index contributed by atoms with van der Waals surface area (Å²) in [5.74, 6) is -0.508. The molecule has 0 saturated heterocycles. The van der Waals surface area contributed by atoms with Crippen LogP contribution in [0.3, 0.4) is 0 Å². The molecule has 0 unspecified atom stereocenters. The van der Waals surface area contributed by atoms with Gasteiger partial charge in [-0.3, -0.25) is 0 Å². The van der Waals surface area contributed by atoms with Gasteiger partial charge in [0.05, 0.1) is 7.11 Å². The highest BCUT2D eigenvalue weighted by molar-refractivity contribution is 5.67. The molecule has 13 heavy (non-hydrogen) atoms. The average Bonchev–Trinajstić information content (AvgIpc) is 2.10. The van der Waals surface area contributed by atoms with Crippen molar-refractivity contribution in [3.8, 4) is 0 Å². The van der Waals surface area contributed by atoms with Crippen molar-refractivity contribution in [2.24, 2.45) is 0 Å².